The molecule has 3 aliphatic rings. The van der Waals surface area contributed by atoms with Gasteiger partial charge < -0.3 is 15.1 Å². The molecular formula is C26H30ClF3IN5O. The maximum Gasteiger partial charge on any atom is 0.417 e. The van der Waals surface area contributed by atoms with Crippen LogP contribution in [-0.4, -0.2) is 70.5 Å². The molecule has 4 heterocycles. The van der Waals surface area contributed by atoms with E-state index in [2.05, 4.69) is 43.9 Å². The van der Waals surface area contributed by atoms with Gasteiger partial charge in [0.05, 0.1) is 5.56 Å². The number of benzene rings is 1. The Morgan fingerprint density at radius 2 is 1.86 bits per heavy atom. The van der Waals surface area contributed by atoms with Crippen LogP contribution in [0.5, 0.6) is 0 Å². The molecule has 0 saturated carbocycles. The van der Waals surface area contributed by atoms with E-state index in [0.29, 0.717) is 43.4 Å². The van der Waals surface area contributed by atoms with Crippen molar-refractivity contribution in [3.8, 4) is 0 Å². The van der Waals surface area contributed by atoms with Crippen molar-refractivity contribution >= 4 is 40.2 Å². The molecule has 2 aromatic rings. The van der Waals surface area contributed by atoms with Crippen molar-refractivity contribution < 1.29 is 18.0 Å². The van der Waals surface area contributed by atoms with Crippen molar-refractivity contribution in [2.45, 2.75) is 57.0 Å². The third-order valence-corrected chi connectivity index (χ3v) is 8.96. The Labute approximate surface area is 233 Å². The first kappa shape index (κ1) is 27.0. The van der Waals surface area contributed by atoms with Crippen LogP contribution in [0.1, 0.15) is 41.6 Å². The molecule has 1 aromatic heterocycles. The van der Waals surface area contributed by atoms with E-state index >= 15 is 0 Å². The lowest BCUT2D eigenvalue weighted by Gasteiger charge is -2.34. The Morgan fingerprint density at radius 1 is 1.11 bits per heavy atom. The number of pyridine rings is 1. The molecule has 0 aliphatic carbocycles. The van der Waals surface area contributed by atoms with Crippen molar-refractivity contribution in [2.24, 2.45) is 0 Å². The molecule has 1 N–H and O–H groups in total. The van der Waals surface area contributed by atoms with Crippen LogP contribution in [0.3, 0.4) is 0 Å². The number of carbonyl (C=O) groups excluding carboxylic acids is 1. The number of aromatic nitrogens is 1. The van der Waals surface area contributed by atoms with Gasteiger partial charge in [-0.3, -0.25) is 9.88 Å². The number of rotatable bonds is 4. The molecule has 0 bridgehead atoms. The lowest BCUT2D eigenvalue weighted by Crippen LogP contribution is -2.48. The van der Waals surface area contributed by atoms with Gasteiger partial charge >= 0.3 is 12.2 Å². The van der Waals surface area contributed by atoms with E-state index in [1.54, 1.807) is 4.90 Å². The zero-order valence-corrected chi connectivity index (χ0v) is 23.3. The molecule has 0 radical (unpaired) electrons. The molecule has 200 valence electrons. The highest BCUT2D eigenvalue weighted by molar-refractivity contribution is 14.1. The van der Waals surface area contributed by atoms with Gasteiger partial charge in [0.2, 0.25) is 0 Å². The van der Waals surface area contributed by atoms with E-state index in [-0.39, 0.29) is 18.6 Å². The summed E-state index contributed by atoms with van der Waals surface area (Å²) in [5.41, 5.74) is 1.56. The van der Waals surface area contributed by atoms with E-state index in [1.807, 2.05) is 17.0 Å². The zero-order valence-electron chi connectivity index (χ0n) is 20.4. The summed E-state index contributed by atoms with van der Waals surface area (Å²) in [6.07, 6.45) is -0.110. The Balaban J connectivity index is 1.10. The molecule has 37 heavy (non-hydrogen) atoms. The maximum atomic E-state index is 13.2. The first-order valence-corrected chi connectivity index (χ1v) is 14.1. The number of halogens is 5. The normalized spacial score (nSPS) is 21.4. The molecule has 3 aliphatic heterocycles. The van der Waals surface area contributed by atoms with Crippen LogP contribution in [0.25, 0.3) is 0 Å². The Kier molecular flexibility index (Phi) is 8.18. The van der Waals surface area contributed by atoms with Gasteiger partial charge in [-0.15, -0.1) is 0 Å². The lowest BCUT2D eigenvalue weighted by molar-refractivity contribution is -0.137. The number of piperidine rings is 1. The highest BCUT2D eigenvalue weighted by Crippen LogP contribution is 2.31. The number of hydrogen-bond acceptors (Lipinski definition) is 4. The summed E-state index contributed by atoms with van der Waals surface area (Å²) < 4.78 is 40.5. The fraction of sp³-hybridized carbons (Fsp3) is 0.538. The summed E-state index contributed by atoms with van der Waals surface area (Å²) in [6.45, 7) is 4.77. The average Bonchev–Trinajstić information content (AvgIpc) is 3.34. The third-order valence-electron chi connectivity index (χ3n) is 7.60. The van der Waals surface area contributed by atoms with Crippen molar-refractivity contribution in [3.63, 3.8) is 0 Å². The summed E-state index contributed by atoms with van der Waals surface area (Å²) in [6, 6.07) is 7.69. The second kappa shape index (κ2) is 11.2. The number of nitrogens with one attached hydrogen (secondary N) is 1. The monoisotopic (exact) mass is 647 g/mol. The highest BCUT2D eigenvalue weighted by atomic mass is 127. The first-order chi connectivity index (χ1) is 17.7. The number of fused-ring (bicyclic) bond motifs is 1. The van der Waals surface area contributed by atoms with Gasteiger partial charge in [0.1, 0.15) is 0 Å². The summed E-state index contributed by atoms with van der Waals surface area (Å²) in [7, 11) is 0. The second-order valence-corrected chi connectivity index (χ2v) is 11.7. The van der Waals surface area contributed by atoms with Crippen LogP contribution in [0, 0.1) is 3.57 Å². The Bertz CT molecular complexity index is 1120. The molecule has 5 rings (SSSR count). The van der Waals surface area contributed by atoms with Gasteiger partial charge in [0, 0.05) is 71.7 Å². The molecule has 1 atom stereocenters. The van der Waals surface area contributed by atoms with Gasteiger partial charge in [0.15, 0.2) is 0 Å². The predicted molar refractivity (Wildman–Crippen MR) is 144 cm³/mol. The van der Waals surface area contributed by atoms with E-state index in [1.165, 1.54) is 9.13 Å². The predicted octanol–water partition coefficient (Wildman–Crippen LogP) is 5.17. The number of nitrogens with zero attached hydrogens (tertiary/aromatic N) is 4. The number of amides is 2. The fourth-order valence-electron chi connectivity index (χ4n) is 5.51. The quantitative estimate of drug-likeness (QED) is 0.466. The molecule has 11 heteroatoms. The molecule has 2 fully saturated rings. The molecular weight excluding hydrogens is 618 g/mol. The van der Waals surface area contributed by atoms with Gasteiger partial charge in [-0.05, 0) is 84.3 Å². The number of likely N-dealkylation sites (tertiary alicyclic amines) is 2. The second-order valence-electron chi connectivity index (χ2n) is 10.1. The number of urea groups is 1. The largest absolute Gasteiger partial charge is 0.417 e. The minimum absolute atomic E-state index is 0.100. The average molecular weight is 648 g/mol. The van der Waals surface area contributed by atoms with Crippen LogP contribution in [-0.2, 0) is 25.7 Å². The third kappa shape index (κ3) is 6.34. The van der Waals surface area contributed by atoms with Crippen molar-refractivity contribution in [1.29, 1.82) is 0 Å². The lowest BCUT2D eigenvalue weighted by atomic mass is 10.0. The van der Waals surface area contributed by atoms with Crippen molar-refractivity contribution in [3.05, 3.63) is 61.4 Å². The van der Waals surface area contributed by atoms with Crippen molar-refractivity contribution in [1.82, 2.24) is 25.0 Å². The van der Waals surface area contributed by atoms with Gasteiger partial charge in [-0.25, -0.2) is 4.79 Å². The van der Waals surface area contributed by atoms with Crippen molar-refractivity contribution in [2.75, 3.05) is 32.7 Å². The Hall–Kier alpha value is -1.63. The minimum atomic E-state index is -4.44. The van der Waals surface area contributed by atoms with E-state index in [0.717, 1.165) is 56.2 Å². The SMILES string of the molecule is O=C(N1CCc2ncc(C(F)(F)F)cc2C1)N1CCC(NC2CCN(Cc3c(Cl)cccc3I)CC2)C1. The Morgan fingerprint density at radius 3 is 2.59 bits per heavy atom. The van der Waals surface area contributed by atoms with Gasteiger partial charge in [-0.1, -0.05) is 17.7 Å². The highest BCUT2D eigenvalue weighted by Gasteiger charge is 2.35. The standard InChI is InChI=1S/C26H30ClF3IN5O/c27-22-2-1-3-23(31)21(22)16-34-8-4-19(5-9-34)33-20-6-10-36(15-20)25(37)35-11-7-24-17(14-35)12-18(13-32-24)26(28,29)30/h1-3,12-13,19-20,33H,4-11,14-16H2. The van der Waals surface area contributed by atoms with E-state index in [4.69, 9.17) is 11.6 Å². The molecule has 2 saturated heterocycles. The van der Waals surface area contributed by atoms with E-state index in [9.17, 15) is 18.0 Å². The maximum absolute atomic E-state index is 13.2. The summed E-state index contributed by atoms with van der Waals surface area (Å²) in [4.78, 5) is 23.1. The van der Waals surface area contributed by atoms with Crippen LogP contribution >= 0.6 is 34.2 Å². The first-order valence-electron chi connectivity index (χ1n) is 12.7. The van der Waals surface area contributed by atoms with E-state index < -0.39 is 11.7 Å². The van der Waals surface area contributed by atoms with Gasteiger partial charge in [-0.2, -0.15) is 13.2 Å². The number of hydrogen-bond donors (Lipinski definition) is 1. The van der Waals surface area contributed by atoms with Crippen LogP contribution in [0.2, 0.25) is 5.02 Å². The van der Waals surface area contributed by atoms with Crippen LogP contribution in [0.15, 0.2) is 30.5 Å². The molecule has 1 aromatic carbocycles. The topological polar surface area (TPSA) is 51.7 Å². The smallest absolute Gasteiger partial charge is 0.323 e. The van der Waals surface area contributed by atoms with Crippen LogP contribution in [0.4, 0.5) is 18.0 Å². The molecule has 2 amide bonds. The fourth-order valence-corrected chi connectivity index (χ4v) is 6.58. The zero-order chi connectivity index (χ0) is 26.2. The molecule has 1 unspecified atom stereocenters. The number of alkyl halides is 3. The summed E-state index contributed by atoms with van der Waals surface area (Å²) >= 11 is 8.75. The van der Waals surface area contributed by atoms with Crippen LogP contribution < -0.4 is 5.32 Å². The summed E-state index contributed by atoms with van der Waals surface area (Å²) in [5.74, 6) is 0. The summed E-state index contributed by atoms with van der Waals surface area (Å²) in [5, 5.41) is 4.57. The minimum Gasteiger partial charge on any atom is -0.323 e. The molecule has 6 nitrogen and oxygen atoms in total. The van der Waals surface area contributed by atoms with Gasteiger partial charge in [0.25, 0.3) is 0 Å². The molecule has 0 spiro atoms. The number of carbonyl (C=O) groups is 1.